The summed E-state index contributed by atoms with van der Waals surface area (Å²) >= 11 is 3.36. The number of anilines is 1. The molecule has 7 heteroatoms. The van der Waals surface area contributed by atoms with E-state index in [0.717, 1.165) is 51.2 Å². The van der Waals surface area contributed by atoms with Crippen molar-refractivity contribution >= 4 is 39.1 Å². The summed E-state index contributed by atoms with van der Waals surface area (Å²) in [7, 11) is 0. The molecule has 3 aromatic rings. The molecule has 2 amide bonds. The number of para-hydroxylation sites is 1. The first-order chi connectivity index (χ1) is 14.9. The van der Waals surface area contributed by atoms with Gasteiger partial charge >= 0.3 is 0 Å². The van der Waals surface area contributed by atoms with E-state index in [1.807, 2.05) is 38.1 Å². The molecule has 1 heterocycles. The van der Waals surface area contributed by atoms with E-state index in [9.17, 15) is 9.59 Å². The number of hydrogen-bond donors (Lipinski definition) is 2. The standard InChI is InChI=1S/C24H22BrN3O3/c1-14-6-3-4-7-18(14)26-24(30)22-15(2)21-19(8-5-9-20(21)31-22)27-28-23(29)16-10-12-17(25)13-11-16/h3-4,6-7,10-13H,5,8-9H2,1-2H3,(H,26,30)(H,28,29)/b27-19+. The van der Waals surface area contributed by atoms with E-state index in [0.29, 0.717) is 12.0 Å². The minimum Gasteiger partial charge on any atom is -0.455 e. The van der Waals surface area contributed by atoms with Crippen LogP contribution in [-0.4, -0.2) is 17.5 Å². The molecule has 1 aliphatic carbocycles. The summed E-state index contributed by atoms with van der Waals surface area (Å²) in [6.45, 7) is 3.79. The lowest BCUT2D eigenvalue weighted by molar-refractivity contribution is 0.0953. The molecule has 0 fully saturated rings. The number of carbonyl (C=O) groups excluding carboxylic acids is 2. The largest absolute Gasteiger partial charge is 0.455 e. The maximum Gasteiger partial charge on any atom is 0.291 e. The number of nitrogens with one attached hydrogen (secondary N) is 2. The fraction of sp³-hybridized carbons (Fsp3) is 0.208. The monoisotopic (exact) mass is 479 g/mol. The summed E-state index contributed by atoms with van der Waals surface area (Å²) in [6.07, 6.45) is 2.27. The van der Waals surface area contributed by atoms with Gasteiger partial charge in [0.1, 0.15) is 5.76 Å². The Balaban J connectivity index is 1.57. The fourth-order valence-electron chi connectivity index (χ4n) is 3.67. The molecule has 1 aromatic heterocycles. The van der Waals surface area contributed by atoms with Gasteiger partial charge in [-0.3, -0.25) is 9.59 Å². The van der Waals surface area contributed by atoms with Gasteiger partial charge in [0, 0.05) is 33.3 Å². The average Bonchev–Trinajstić information content (AvgIpc) is 3.11. The number of halogens is 1. The second-order valence-corrected chi connectivity index (χ2v) is 8.40. The summed E-state index contributed by atoms with van der Waals surface area (Å²) < 4.78 is 6.84. The topological polar surface area (TPSA) is 83.7 Å². The molecule has 0 aliphatic heterocycles. The molecule has 2 aromatic carbocycles. The van der Waals surface area contributed by atoms with Crippen molar-refractivity contribution in [2.24, 2.45) is 5.10 Å². The van der Waals surface area contributed by atoms with Crippen LogP contribution < -0.4 is 10.7 Å². The lowest BCUT2D eigenvalue weighted by Gasteiger charge is -2.13. The number of benzene rings is 2. The van der Waals surface area contributed by atoms with Crippen LogP contribution in [0, 0.1) is 13.8 Å². The number of amides is 2. The lowest BCUT2D eigenvalue weighted by Crippen LogP contribution is -2.22. The van der Waals surface area contributed by atoms with Crippen LogP contribution in [0.5, 0.6) is 0 Å². The van der Waals surface area contributed by atoms with Gasteiger partial charge in [0.25, 0.3) is 11.8 Å². The normalized spacial score (nSPS) is 14.2. The summed E-state index contributed by atoms with van der Waals surface area (Å²) in [5.41, 5.74) is 7.15. The number of carbonyl (C=O) groups is 2. The van der Waals surface area contributed by atoms with E-state index < -0.39 is 0 Å². The van der Waals surface area contributed by atoms with Gasteiger partial charge in [0.15, 0.2) is 5.76 Å². The van der Waals surface area contributed by atoms with Crippen LogP contribution in [0.2, 0.25) is 0 Å². The van der Waals surface area contributed by atoms with Crippen molar-refractivity contribution in [3.63, 3.8) is 0 Å². The van der Waals surface area contributed by atoms with Crippen LogP contribution in [0.25, 0.3) is 0 Å². The molecule has 0 saturated carbocycles. The molecular weight excluding hydrogens is 458 g/mol. The van der Waals surface area contributed by atoms with Crippen LogP contribution in [0.15, 0.2) is 62.5 Å². The van der Waals surface area contributed by atoms with E-state index in [4.69, 9.17) is 4.42 Å². The summed E-state index contributed by atoms with van der Waals surface area (Å²) in [6, 6.07) is 14.7. The second kappa shape index (κ2) is 8.89. The highest BCUT2D eigenvalue weighted by atomic mass is 79.9. The quantitative estimate of drug-likeness (QED) is 0.492. The zero-order valence-corrected chi connectivity index (χ0v) is 18.9. The minimum atomic E-state index is -0.292. The molecule has 2 N–H and O–H groups in total. The number of fused-ring (bicyclic) bond motifs is 1. The Hall–Kier alpha value is -3.19. The molecule has 31 heavy (non-hydrogen) atoms. The molecular formula is C24H22BrN3O3. The molecule has 0 radical (unpaired) electrons. The zero-order valence-electron chi connectivity index (χ0n) is 17.3. The number of hydrogen-bond acceptors (Lipinski definition) is 4. The summed E-state index contributed by atoms with van der Waals surface area (Å²) in [5, 5.41) is 7.29. The second-order valence-electron chi connectivity index (χ2n) is 7.48. The van der Waals surface area contributed by atoms with Crippen molar-refractivity contribution in [1.29, 1.82) is 0 Å². The molecule has 0 saturated heterocycles. The highest BCUT2D eigenvalue weighted by Gasteiger charge is 2.28. The number of nitrogens with zero attached hydrogens (tertiary/aromatic N) is 1. The van der Waals surface area contributed by atoms with E-state index in [-0.39, 0.29) is 17.6 Å². The molecule has 1 aliphatic rings. The third-order valence-electron chi connectivity index (χ3n) is 5.32. The van der Waals surface area contributed by atoms with Crippen LogP contribution in [0.4, 0.5) is 5.69 Å². The van der Waals surface area contributed by atoms with Crippen LogP contribution >= 0.6 is 15.9 Å². The zero-order chi connectivity index (χ0) is 22.0. The van der Waals surface area contributed by atoms with Crippen molar-refractivity contribution in [2.75, 3.05) is 5.32 Å². The number of hydrazone groups is 1. The molecule has 158 valence electrons. The Bertz CT molecular complexity index is 1180. The van der Waals surface area contributed by atoms with Gasteiger partial charge < -0.3 is 9.73 Å². The predicted octanol–water partition coefficient (Wildman–Crippen LogP) is 5.38. The third kappa shape index (κ3) is 4.46. The molecule has 0 unspecified atom stereocenters. The van der Waals surface area contributed by atoms with Crippen molar-refractivity contribution < 1.29 is 14.0 Å². The molecule has 0 spiro atoms. The summed E-state index contributed by atoms with van der Waals surface area (Å²) in [4.78, 5) is 25.3. The Labute approximate surface area is 188 Å². The maximum atomic E-state index is 12.9. The Morgan fingerprint density at radius 3 is 2.48 bits per heavy atom. The van der Waals surface area contributed by atoms with Gasteiger partial charge in [-0.1, -0.05) is 34.1 Å². The van der Waals surface area contributed by atoms with Crippen molar-refractivity contribution in [3.8, 4) is 0 Å². The Kier molecular flexibility index (Phi) is 6.04. The molecule has 0 atom stereocenters. The van der Waals surface area contributed by atoms with Crippen LogP contribution in [0.1, 0.15) is 56.2 Å². The van der Waals surface area contributed by atoms with Crippen LogP contribution in [-0.2, 0) is 6.42 Å². The predicted molar refractivity (Wildman–Crippen MR) is 124 cm³/mol. The minimum absolute atomic E-state index is 0.280. The van der Waals surface area contributed by atoms with E-state index in [1.54, 1.807) is 24.3 Å². The van der Waals surface area contributed by atoms with Gasteiger partial charge in [-0.05, 0) is 62.6 Å². The smallest absolute Gasteiger partial charge is 0.291 e. The third-order valence-corrected chi connectivity index (χ3v) is 5.85. The van der Waals surface area contributed by atoms with Crippen molar-refractivity contribution in [2.45, 2.75) is 33.1 Å². The first-order valence-corrected chi connectivity index (χ1v) is 10.9. The SMILES string of the molecule is Cc1ccccc1NC(=O)c1oc2c(c1C)/C(=N/NC(=O)c1ccc(Br)cc1)CCC2. The number of furan rings is 1. The van der Waals surface area contributed by atoms with E-state index in [2.05, 4.69) is 31.8 Å². The fourth-order valence-corrected chi connectivity index (χ4v) is 3.94. The maximum absolute atomic E-state index is 12.9. The van der Waals surface area contributed by atoms with Crippen LogP contribution in [0.3, 0.4) is 0 Å². The van der Waals surface area contributed by atoms with Gasteiger partial charge in [0.2, 0.25) is 0 Å². The van der Waals surface area contributed by atoms with Gasteiger partial charge in [0.05, 0.1) is 5.71 Å². The molecule has 4 rings (SSSR count). The van der Waals surface area contributed by atoms with E-state index >= 15 is 0 Å². The van der Waals surface area contributed by atoms with Gasteiger partial charge in [-0.2, -0.15) is 5.10 Å². The highest BCUT2D eigenvalue weighted by Crippen LogP contribution is 2.30. The lowest BCUT2D eigenvalue weighted by atomic mass is 9.93. The van der Waals surface area contributed by atoms with Gasteiger partial charge in [-0.25, -0.2) is 5.43 Å². The highest BCUT2D eigenvalue weighted by molar-refractivity contribution is 9.10. The first-order valence-electron chi connectivity index (χ1n) is 10.1. The Morgan fingerprint density at radius 1 is 1.00 bits per heavy atom. The van der Waals surface area contributed by atoms with Crippen molar-refractivity contribution in [1.82, 2.24) is 5.43 Å². The average molecular weight is 480 g/mol. The molecule has 6 nitrogen and oxygen atoms in total. The number of aryl methyl sites for hydroxylation is 2. The Morgan fingerprint density at radius 2 is 1.74 bits per heavy atom. The number of rotatable bonds is 4. The van der Waals surface area contributed by atoms with E-state index in [1.165, 1.54) is 0 Å². The van der Waals surface area contributed by atoms with Gasteiger partial charge in [-0.15, -0.1) is 0 Å². The van der Waals surface area contributed by atoms with Crippen molar-refractivity contribution in [3.05, 3.63) is 86.8 Å². The molecule has 0 bridgehead atoms. The first kappa shape index (κ1) is 21.1. The summed E-state index contributed by atoms with van der Waals surface area (Å²) in [5.74, 6) is 0.433.